The van der Waals surface area contributed by atoms with E-state index in [1.807, 2.05) is 0 Å². The summed E-state index contributed by atoms with van der Waals surface area (Å²) in [6, 6.07) is 0. The first kappa shape index (κ1) is 13.1. The van der Waals surface area contributed by atoms with E-state index >= 15 is 0 Å². The van der Waals surface area contributed by atoms with Gasteiger partial charge in [0.25, 0.3) is 0 Å². The van der Waals surface area contributed by atoms with Gasteiger partial charge in [-0.1, -0.05) is 0 Å². The van der Waals surface area contributed by atoms with Gasteiger partial charge in [-0.25, -0.2) is 13.2 Å². The van der Waals surface area contributed by atoms with Crippen molar-refractivity contribution >= 4 is 28.7 Å². The second kappa shape index (κ2) is 4.49. The van der Waals surface area contributed by atoms with E-state index < -0.39 is 44.7 Å². The molecular formula is C7H3F4N3O2S. The van der Waals surface area contributed by atoms with Crippen LogP contribution in [-0.2, 0) is 0 Å². The van der Waals surface area contributed by atoms with Crippen molar-refractivity contribution in [2.45, 2.75) is 0 Å². The average Bonchev–Trinajstić information content (AvgIpc) is 2.22. The van der Waals surface area contributed by atoms with Crippen molar-refractivity contribution in [3.8, 4) is 0 Å². The molecule has 0 bridgehead atoms. The Labute approximate surface area is 96.4 Å². The predicted molar refractivity (Wildman–Crippen MR) is 53.3 cm³/mol. The van der Waals surface area contributed by atoms with E-state index in [0.717, 1.165) is 0 Å². The molecule has 0 spiro atoms. The smallest absolute Gasteiger partial charge is 0.334 e. The lowest BCUT2D eigenvalue weighted by Crippen LogP contribution is -2.22. The molecular weight excluding hydrogens is 266 g/mol. The standard InChI is InChI=1S/C7H3F4N3O2S/c8-1-2(9)4(11)6(14(15)16)5(3(1)10)13-7(12)17/h(H3,12,13,17). The van der Waals surface area contributed by atoms with Crippen molar-refractivity contribution in [2.24, 2.45) is 5.73 Å². The minimum atomic E-state index is -2.29. The van der Waals surface area contributed by atoms with E-state index in [1.54, 1.807) is 5.32 Å². The number of nitro groups is 1. The summed E-state index contributed by atoms with van der Waals surface area (Å²) in [4.78, 5) is 9.00. The number of halogens is 4. The van der Waals surface area contributed by atoms with Crippen molar-refractivity contribution < 1.29 is 22.5 Å². The lowest BCUT2D eigenvalue weighted by Gasteiger charge is -2.08. The molecule has 0 atom stereocenters. The zero-order valence-corrected chi connectivity index (χ0v) is 8.58. The monoisotopic (exact) mass is 269 g/mol. The molecule has 10 heteroatoms. The molecule has 0 heterocycles. The number of nitrogens with two attached hydrogens (primary N) is 1. The zero-order valence-electron chi connectivity index (χ0n) is 7.76. The highest BCUT2D eigenvalue weighted by Crippen LogP contribution is 2.34. The Hall–Kier alpha value is -1.97. The molecule has 92 valence electrons. The van der Waals surface area contributed by atoms with E-state index in [9.17, 15) is 27.7 Å². The molecule has 0 aliphatic carbocycles. The fourth-order valence-corrected chi connectivity index (χ4v) is 1.13. The summed E-state index contributed by atoms with van der Waals surface area (Å²) in [5.41, 5.74) is 2.01. The molecule has 0 aliphatic heterocycles. The molecule has 0 aromatic heterocycles. The number of nitrogens with one attached hydrogen (secondary N) is 1. The second-order valence-electron chi connectivity index (χ2n) is 2.73. The second-order valence-corrected chi connectivity index (χ2v) is 3.17. The maximum Gasteiger partial charge on any atom is 0.334 e. The van der Waals surface area contributed by atoms with Crippen LogP contribution in [0.4, 0.5) is 28.9 Å². The summed E-state index contributed by atoms with van der Waals surface area (Å²) in [7, 11) is 0. The third-order valence-electron chi connectivity index (χ3n) is 1.67. The number of rotatable bonds is 2. The van der Waals surface area contributed by atoms with Crippen LogP contribution in [0.5, 0.6) is 0 Å². The minimum Gasteiger partial charge on any atom is -0.376 e. The largest absolute Gasteiger partial charge is 0.376 e. The van der Waals surface area contributed by atoms with Crippen molar-refractivity contribution in [2.75, 3.05) is 5.32 Å². The first-order valence-electron chi connectivity index (χ1n) is 3.84. The Kier molecular flexibility index (Phi) is 3.46. The van der Waals surface area contributed by atoms with Gasteiger partial charge in [0.05, 0.1) is 4.92 Å². The number of nitrogens with zero attached hydrogens (tertiary/aromatic N) is 1. The third kappa shape index (κ3) is 2.25. The Morgan fingerprint density at radius 3 is 2.06 bits per heavy atom. The van der Waals surface area contributed by atoms with Crippen molar-refractivity contribution in [1.82, 2.24) is 0 Å². The fraction of sp³-hybridized carbons (Fsp3) is 0. The Morgan fingerprint density at radius 1 is 1.18 bits per heavy atom. The van der Waals surface area contributed by atoms with Gasteiger partial charge in [0, 0.05) is 0 Å². The van der Waals surface area contributed by atoms with Gasteiger partial charge < -0.3 is 11.1 Å². The number of thiocarbonyl (C=S) groups is 1. The van der Waals surface area contributed by atoms with E-state index in [1.165, 1.54) is 0 Å². The minimum absolute atomic E-state index is 0.669. The molecule has 5 nitrogen and oxygen atoms in total. The van der Waals surface area contributed by atoms with Crippen molar-refractivity contribution in [1.29, 1.82) is 0 Å². The number of benzene rings is 1. The molecule has 17 heavy (non-hydrogen) atoms. The highest BCUT2D eigenvalue weighted by Gasteiger charge is 2.33. The average molecular weight is 269 g/mol. The molecule has 0 aliphatic rings. The summed E-state index contributed by atoms with van der Waals surface area (Å²) in [6.07, 6.45) is 0. The van der Waals surface area contributed by atoms with Gasteiger partial charge in [0.2, 0.25) is 11.6 Å². The van der Waals surface area contributed by atoms with Gasteiger partial charge in [-0.3, -0.25) is 10.1 Å². The molecule has 1 rings (SSSR count). The molecule has 0 radical (unpaired) electrons. The van der Waals surface area contributed by atoms with Gasteiger partial charge in [-0.15, -0.1) is 0 Å². The zero-order chi connectivity index (χ0) is 13.3. The van der Waals surface area contributed by atoms with Crippen LogP contribution in [0, 0.1) is 33.4 Å². The number of hydrogen-bond donors (Lipinski definition) is 2. The topological polar surface area (TPSA) is 81.2 Å². The SMILES string of the molecule is NC(=S)Nc1c(F)c(F)c(F)c(F)c1[N+](=O)[O-]. The lowest BCUT2D eigenvalue weighted by atomic mass is 10.2. The van der Waals surface area contributed by atoms with Crippen molar-refractivity contribution in [3.05, 3.63) is 33.4 Å². The van der Waals surface area contributed by atoms with E-state index in [2.05, 4.69) is 12.2 Å². The van der Waals surface area contributed by atoms with Crippen LogP contribution in [0.1, 0.15) is 0 Å². The normalized spacial score (nSPS) is 10.1. The molecule has 1 aromatic rings. The van der Waals surface area contributed by atoms with Gasteiger partial charge in [-0.2, -0.15) is 4.39 Å². The summed E-state index contributed by atoms with van der Waals surface area (Å²) in [5.74, 6) is -8.62. The van der Waals surface area contributed by atoms with Crippen LogP contribution in [0.2, 0.25) is 0 Å². The molecule has 0 amide bonds. The summed E-state index contributed by atoms with van der Waals surface area (Å²) >= 11 is 4.24. The summed E-state index contributed by atoms with van der Waals surface area (Å²) in [6.45, 7) is 0. The van der Waals surface area contributed by atoms with Crippen LogP contribution >= 0.6 is 12.2 Å². The van der Waals surface area contributed by atoms with Crippen molar-refractivity contribution in [3.63, 3.8) is 0 Å². The Bertz CT molecular complexity index is 523. The van der Waals surface area contributed by atoms with Gasteiger partial charge >= 0.3 is 5.69 Å². The first-order chi connectivity index (χ1) is 7.77. The fourth-order valence-electron chi connectivity index (χ4n) is 1.03. The lowest BCUT2D eigenvalue weighted by molar-refractivity contribution is -0.387. The molecule has 1 aromatic carbocycles. The number of anilines is 1. The third-order valence-corrected chi connectivity index (χ3v) is 1.78. The van der Waals surface area contributed by atoms with E-state index in [0.29, 0.717) is 0 Å². The first-order valence-corrected chi connectivity index (χ1v) is 4.25. The van der Waals surface area contributed by atoms with Gasteiger partial charge in [0.15, 0.2) is 22.4 Å². The predicted octanol–water partition coefficient (Wildman–Crippen LogP) is 1.81. The van der Waals surface area contributed by atoms with Crippen LogP contribution in [0.3, 0.4) is 0 Å². The van der Waals surface area contributed by atoms with Crippen LogP contribution in [0.25, 0.3) is 0 Å². The van der Waals surface area contributed by atoms with Crippen LogP contribution in [0.15, 0.2) is 0 Å². The van der Waals surface area contributed by atoms with Crippen LogP contribution < -0.4 is 11.1 Å². The highest BCUT2D eigenvalue weighted by molar-refractivity contribution is 7.80. The highest BCUT2D eigenvalue weighted by atomic mass is 32.1. The van der Waals surface area contributed by atoms with Gasteiger partial charge in [-0.05, 0) is 12.2 Å². The maximum atomic E-state index is 13.2. The van der Waals surface area contributed by atoms with E-state index in [4.69, 9.17) is 5.73 Å². The summed E-state index contributed by atoms with van der Waals surface area (Å²) < 4.78 is 51.8. The molecule has 0 saturated carbocycles. The Balaban J connectivity index is 3.65. The van der Waals surface area contributed by atoms with Gasteiger partial charge in [0.1, 0.15) is 0 Å². The molecule has 0 unspecified atom stereocenters. The Morgan fingerprint density at radius 2 is 1.65 bits per heavy atom. The molecule has 0 fully saturated rings. The maximum absolute atomic E-state index is 13.2. The number of nitro benzene ring substituents is 1. The van der Waals surface area contributed by atoms with Crippen LogP contribution in [-0.4, -0.2) is 10.0 Å². The quantitative estimate of drug-likeness (QED) is 0.214. The molecule has 0 saturated heterocycles. The molecule has 3 N–H and O–H groups in total. The van der Waals surface area contributed by atoms with E-state index in [-0.39, 0.29) is 0 Å². The number of hydrogen-bond acceptors (Lipinski definition) is 3. The summed E-state index contributed by atoms with van der Waals surface area (Å²) in [5, 5.41) is 11.4.